The Morgan fingerprint density at radius 3 is 2.62 bits per heavy atom. The van der Waals surface area contributed by atoms with E-state index >= 15 is 0 Å². The lowest BCUT2D eigenvalue weighted by molar-refractivity contribution is -0.122. The van der Waals surface area contributed by atoms with E-state index in [4.69, 9.17) is 0 Å². The topological polar surface area (TPSA) is 36.4 Å². The molecule has 0 amide bonds. The summed E-state index contributed by atoms with van der Waals surface area (Å²) in [5, 5.41) is 0.766. The number of aromatic nitrogens is 1. The molecule has 2 aliphatic heterocycles. The van der Waals surface area contributed by atoms with Gasteiger partial charge in [-0.15, -0.1) is 0 Å². The summed E-state index contributed by atoms with van der Waals surface area (Å²) in [6.45, 7) is 5.91. The number of hydrogen-bond donors (Lipinski definition) is 0. The van der Waals surface area contributed by atoms with Crippen molar-refractivity contribution in [1.29, 1.82) is 0 Å². The highest BCUT2D eigenvalue weighted by Gasteiger charge is 2.30. The molecule has 1 aromatic carbocycles. The van der Waals surface area contributed by atoms with Gasteiger partial charge in [-0.05, 0) is 55.5 Å². The maximum absolute atomic E-state index is 13.4. The first-order chi connectivity index (χ1) is 13.9. The first-order valence-electron chi connectivity index (χ1n) is 10.5. The number of piperidine rings is 1. The van der Waals surface area contributed by atoms with Gasteiger partial charge in [0.15, 0.2) is 0 Å². The molecule has 4 rings (SSSR count). The Hall–Kier alpha value is -2.08. The van der Waals surface area contributed by atoms with Crippen LogP contribution in [0.1, 0.15) is 38.2 Å². The van der Waals surface area contributed by atoms with Gasteiger partial charge in [0.1, 0.15) is 5.78 Å². The first-order valence-corrected chi connectivity index (χ1v) is 10.5. The number of halogens is 2. The average molecular weight is 402 g/mol. The normalized spacial score (nSPS) is 23.6. The van der Waals surface area contributed by atoms with Crippen LogP contribution in [0.2, 0.25) is 0 Å². The number of carbonyl (C=O) groups is 1. The Morgan fingerprint density at radius 1 is 1.14 bits per heavy atom. The number of benzene rings is 1. The summed E-state index contributed by atoms with van der Waals surface area (Å²) in [6, 6.07) is 6.97. The van der Waals surface area contributed by atoms with Gasteiger partial charge in [0.25, 0.3) is 6.43 Å². The van der Waals surface area contributed by atoms with Crippen LogP contribution in [0, 0.1) is 17.8 Å². The number of ketones is 1. The van der Waals surface area contributed by atoms with Gasteiger partial charge >= 0.3 is 0 Å². The van der Waals surface area contributed by atoms with E-state index in [9.17, 15) is 13.6 Å². The van der Waals surface area contributed by atoms with E-state index in [0.717, 1.165) is 43.7 Å². The fraction of sp³-hybridized carbons (Fsp3) is 0.565. The number of alkyl halides is 2. The Morgan fingerprint density at radius 2 is 1.90 bits per heavy atom. The highest BCUT2D eigenvalue weighted by Crippen LogP contribution is 2.36. The van der Waals surface area contributed by atoms with E-state index in [1.165, 1.54) is 6.07 Å². The van der Waals surface area contributed by atoms with Gasteiger partial charge in [-0.1, -0.05) is 6.92 Å². The summed E-state index contributed by atoms with van der Waals surface area (Å²) in [7, 11) is 2.08. The number of carbonyl (C=O) groups excluding carboxylic acids is 1. The predicted molar refractivity (Wildman–Crippen MR) is 111 cm³/mol. The van der Waals surface area contributed by atoms with Crippen molar-refractivity contribution in [2.75, 3.05) is 38.1 Å². The number of nitrogens with zero attached hydrogens (tertiary/aromatic N) is 3. The molecule has 2 atom stereocenters. The second-order valence-electron chi connectivity index (χ2n) is 9.02. The SMILES string of the molecule is C[C@H]1C[C@@H](CC(=O)CC2CN(C)C2)CN(c2ccc(C(F)F)c3ncccc23)C1. The lowest BCUT2D eigenvalue weighted by Gasteiger charge is -2.39. The molecule has 0 unspecified atom stereocenters. The Labute approximate surface area is 170 Å². The van der Waals surface area contributed by atoms with Crippen LogP contribution in [0.15, 0.2) is 30.5 Å². The van der Waals surface area contributed by atoms with E-state index in [1.54, 1.807) is 18.3 Å². The lowest BCUT2D eigenvalue weighted by atomic mass is 9.84. The standard InChI is InChI=1S/C23H29F2N3O/c1-15-8-16(9-18(29)10-17-12-27(2)13-17)14-28(11-15)21-6-5-20(23(24)25)22-19(21)4-3-7-26-22/h3-7,15-17,23H,8-14H2,1-2H3/t15-,16-/m0/s1. The first kappa shape index (κ1) is 20.2. The zero-order chi connectivity index (χ0) is 20.5. The fourth-order valence-electron chi connectivity index (χ4n) is 5.14. The summed E-state index contributed by atoms with van der Waals surface area (Å²) >= 11 is 0. The van der Waals surface area contributed by atoms with Crippen molar-refractivity contribution >= 4 is 22.4 Å². The minimum Gasteiger partial charge on any atom is -0.370 e. The van der Waals surface area contributed by atoms with Crippen LogP contribution in [-0.2, 0) is 4.79 Å². The lowest BCUT2D eigenvalue weighted by Crippen LogP contribution is -2.45. The summed E-state index contributed by atoms with van der Waals surface area (Å²) in [4.78, 5) is 21.3. The van der Waals surface area contributed by atoms with Crippen LogP contribution in [0.5, 0.6) is 0 Å². The third-order valence-electron chi connectivity index (χ3n) is 6.27. The van der Waals surface area contributed by atoms with Gasteiger partial charge in [-0.25, -0.2) is 8.78 Å². The van der Waals surface area contributed by atoms with Crippen molar-refractivity contribution in [2.45, 2.75) is 32.6 Å². The largest absolute Gasteiger partial charge is 0.370 e. The molecule has 0 spiro atoms. The zero-order valence-corrected chi connectivity index (χ0v) is 17.2. The van der Waals surface area contributed by atoms with E-state index in [0.29, 0.717) is 41.9 Å². The highest BCUT2D eigenvalue weighted by atomic mass is 19.3. The van der Waals surface area contributed by atoms with Crippen LogP contribution in [0.3, 0.4) is 0 Å². The quantitative estimate of drug-likeness (QED) is 0.712. The van der Waals surface area contributed by atoms with Crippen molar-refractivity contribution in [2.24, 2.45) is 17.8 Å². The summed E-state index contributed by atoms with van der Waals surface area (Å²) in [5.41, 5.74) is 1.30. The maximum atomic E-state index is 13.4. The van der Waals surface area contributed by atoms with Crippen LogP contribution in [-0.4, -0.2) is 48.9 Å². The zero-order valence-electron chi connectivity index (χ0n) is 17.2. The number of rotatable bonds is 6. The average Bonchev–Trinajstić information content (AvgIpc) is 2.65. The molecule has 29 heavy (non-hydrogen) atoms. The van der Waals surface area contributed by atoms with Crippen LogP contribution < -0.4 is 4.90 Å². The number of likely N-dealkylation sites (tertiary alicyclic amines) is 1. The summed E-state index contributed by atoms with van der Waals surface area (Å²) < 4.78 is 26.8. The second kappa shape index (κ2) is 8.34. The summed E-state index contributed by atoms with van der Waals surface area (Å²) in [6.07, 6.45) is 1.36. The Bertz CT molecular complexity index is 882. The number of anilines is 1. The fourth-order valence-corrected chi connectivity index (χ4v) is 5.14. The molecule has 0 aliphatic carbocycles. The third kappa shape index (κ3) is 4.42. The third-order valence-corrected chi connectivity index (χ3v) is 6.27. The van der Waals surface area contributed by atoms with Crippen molar-refractivity contribution in [3.8, 4) is 0 Å². The van der Waals surface area contributed by atoms with E-state index < -0.39 is 6.43 Å². The predicted octanol–water partition coefficient (Wildman–Crippen LogP) is 4.55. The molecule has 0 bridgehead atoms. The molecule has 0 N–H and O–H groups in total. The van der Waals surface area contributed by atoms with Gasteiger partial charge < -0.3 is 9.80 Å². The van der Waals surface area contributed by atoms with Crippen molar-refractivity contribution in [3.05, 3.63) is 36.0 Å². The van der Waals surface area contributed by atoms with E-state index in [-0.39, 0.29) is 5.56 Å². The molecule has 1 aromatic heterocycles. The van der Waals surface area contributed by atoms with E-state index in [2.05, 4.69) is 28.8 Å². The molecule has 156 valence electrons. The molecule has 6 heteroatoms. The molecular formula is C23H29F2N3O. The highest BCUT2D eigenvalue weighted by molar-refractivity contribution is 5.94. The molecule has 2 saturated heterocycles. The van der Waals surface area contributed by atoms with Crippen molar-refractivity contribution in [1.82, 2.24) is 9.88 Å². The van der Waals surface area contributed by atoms with Gasteiger partial charge in [0.2, 0.25) is 0 Å². The number of fused-ring (bicyclic) bond motifs is 1. The number of hydrogen-bond acceptors (Lipinski definition) is 4. The minimum absolute atomic E-state index is 0.0217. The molecule has 4 nitrogen and oxygen atoms in total. The smallest absolute Gasteiger partial charge is 0.265 e. The monoisotopic (exact) mass is 401 g/mol. The van der Waals surface area contributed by atoms with Crippen molar-refractivity contribution in [3.63, 3.8) is 0 Å². The molecule has 0 radical (unpaired) electrons. The van der Waals surface area contributed by atoms with Crippen LogP contribution >= 0.6 is 0 Å². The van der Waals surface area contributed by atoms with Crippen LogP contribution in [0.25, 0.3) is 10.9 Å². The molecule has 0 saturated carbocycles. The Kier molecular flexibility index (Phi) is 5.81. The van der Waals surface area contributed by atoms with Gasteiger partial charge in [0, 0.05) is 61.9 Å². The van der Waals surface area contributed by atoms with Gasteiger partial charge in [-0.2, -0.15) is 0 Å². The molecule has 3 heterocycles. The Balaban J connectivity index is 1.51. The molecular weight excluding hydrogens is 372 g/mol. The molecule has 2 aliphatic rings. The van der Waals surface area contributed by atoms with Gasteiger partial charge in [0.05, 0.1) is 5.52 Å². The molecule has 2 fully saturated rings. The van der Waals surface area contributed by atoms with Gasteiger partial charge in [-0.3, -0.25) is 9.78 Å². The van der Waals surface area contributed by atoms with Crippen LogP contribution in [0.4, 0.5) is 14.5 Å². The summed E-state index contributed by atoms with van der Waals surface area (Å²) in [5.74, 6) is 1.65. The number of Topliss-reactive ketones (excluding diaryl/α,β-unsaturated/α-hetero) is 1. The maximum Gasteiger partial charge on any atom is 0.265 e. The minimum atomic E-state index is -2.54. The second-order valence-corrected chi connectivity index (χ2v) is 9.02. The van der Waals surface area contributed by atoms with Crippen molar-refractivity contribution < 1.29 is 13.6 Å². The number of pyridine rings is 1. The van der Waals surface area contributed by atoms with E-state index in [1.807, 2.05) is 6.07 Å². The molecule has 2 aromatic rings.